The van der Waals surface area contributed by atoms with Crippen LogP contribution < -0.4 is 14.8 Å². The number of carbonyl (C=O) groups is 1. The molecule has 0 spiro atoms. The summed E-state index contributed by atoms with van der Waals surface area (Å²) in [6.07, 6.45) is 0. The molecule has 2 N–H and O–H groups in total. The van der Waals surface area contributed by atoms with Gasteiger partial charge in [0.1, 0.15) is 23.5 Å². The van der Waals surface area contributed by atoms with Crippen molar-refractivity contribution in [2.24, 2.45) is 0 Å². The van der Waals surface area contributed by atoms with Gasteiger partial charge >= 0.3 is 5.97 Å². The Labute approximate surface area is 201 Å². The molecule has 35 heavy (non-hydrogen) atoms. The maximum Gasteiger partial charge on any atom is 0.325 e. The van der Waals surface area contributed by atoms with Gasteiger partial charge in [0.25, 0.3) is 0 Å². The Kier molecular flexibility index (Phi) is 6.51. The van der Waals surface area contributed by atoms with Crippen molar-refractivity contribution in [2.75, 3.05) is 19.5 Å². The summed E-state index contributed by atoms with van der Waals surface area (Å²) in [6, 6.07) is 18.2. The molecule has 0 aliphatic heterocycles. The fourth-order valence-corrected chi connectivity index (χ4v) is 3.82. The van der Waals surface area contributed by atoms with Crippen molar-refractivity contribution in [1.82, 2.24) is 4.98 Å². The number of carboxylic acid groups (broad SMARTS) is 1. The van der Waals surface area contributed by atoms with E-state index in [-0.39, 0.29) is 11.3 Å². The Hall–Kier alpha value is -4.64. The normalized spacial score (nSPS) is 11.5. The molecule has 8 heteroatoms. The Morgan fingerprint density at radius 1 is 1.00 bits per heavy atom. The highest BCUT2D eigenvalue weighted by Crippen LogP contribution is 2.36. The molecule has 0 bridgehead atoms. The van der Waals surface area contributed by atoms with E-state index in [9.17, 15) is 19.6 Å². The fraction of sp³-hybridized carbons (Fsp3) is 0.148. The number of ether oxygens (including phenoxy) is 2. The maximum atomic E-state index is 14.0. The average Bonchev–Trinajstić information content (AvgIpc) is 2.88. The zero-order chi connectivity index (χ0) is 25.1. The first kappa shape index (κ1) is 23.5. The van der Waals surface area contributed by atoms with Crippen molar-refractivity contribution >= 4 is 22.6 Å². The standard InChI is InChI=1S/C27H22FN3O4/c1-15(27(32)33)30-26-20-13-19(28)9-10-22(20)31-25(21(26)14-29)17-6-4-16(5-7-17)18-8-11-23(34-2)24(12-18)35-3/h4-13,15H,1-3H3,(H,30,31)(H,32,33). The maximum absolute atomic E-state index is 14.0. The highest BCUT2D eigenvalue weighted by Gasteiger charge is 2.21. The van der Waals surface area contributed by atoms with Crippen molar-refractivity contribution in [2.45, 2.75) is 13.0 Å². The van der Waals surface area contributed by atoms with Gasteiger partial charge in [-0.05, 0) is 48.4 Å². The van der Waals surface area contributed by atoms with Crippen LogP contribution >= 0.6 is 0 Å². The van der Waals surface area contributed by atoms with Crippen LogP contribution in [0.25, 0.3) is 33.3 Å². The van der Waals surface area contributed by atoms with Crippen LogP contribution in [0.5, 0.6) is 11.5 Å². The minimum absolute atomic E-state index is 0.134. The number of fused-ring (bicyclic) bond motifs is 1. The molecule has 1 aromatic heterocycles. The number of nitriles is 1. The fourth-order valence-electron chi connectivity index (χ4n) is 3.82. The first-order valence-corrected chi connectivity index (χ1v) is 10.7. The molecule has 0 saturated carbocycles. The summed E-state index contributed by atoms with van der Waals surface area (Å²) in [6.45, 7) is 1.45. The molecule has 4 aromatic rings. The number of aromatic nitrogens is 1. The van der Waals surface area contributed by atoms with Gasteiger partial charge in [0.2, 0.25) is 0 Å². The SMILES string of the molecule is COc1ccc(-c2ccc(-c3nc4ccc(F)cc4c(NC(C)C(=O)O)c3C#N)cc2)cc1OC. The zero-order valence-corrected chi connectivity index (χ0v) is 19.3. The Bertz CT molecular complexity index is 1460. The van der Waals surface area contributed by atoms with E-state index in [1.54, 1.807) is 14.2 Å². The van der Waals surface area contributed by atoms with E-state index in [0.29, 0.717) is 33.7 Å². The molecule has 7 nitrogen and oxygen atoms in total. The summed E-state index contributed by atoms with van der Waals surface area (Å²) in [5.41, 5.74) is 3.64. The lowest BCUT2D eigenvalue weighted by atomic mass is 9.98. The van der Waals surface area contributed by atoms with Crippen molar-refractivity contribution < 1.29 is 23.8 Å². The monoisotopic (exact) mass is 471 g/mol. The second kappa shape index (κ2) is 9.69. The summed E-state index contributed by atoms with van der Waals surface area (Å²) >= 11 is 0. The van der Waals surface area contributed by atoms with Crippen LogP contribution in [-0.2, 0) is 4.79 Å². The molecule has 0 radical (unpaired) electrons. The molecule has 0 amide bonds. The van der Waals surface area contributed by atoms with Gasteiger partial charge in [-0.3, -0.25) is 4.79 Å². The highest BCUT2D eigenvalue weighted by molar-refractivity contribution is 5.99. The number of aliphatic carboxylic acids is 1. The number of nitrogens with zero attached hydrogens (tertiary/aromatic N) is 2. The molecule has 1 heterocycles. The van der Waals surface area contributed by atoms with Gasteiger partial charge in [-0.25, -0.2) is 9.37 Å². The number of hydrogen-bond donors (Lipinski definition) is 2. The van der Waals surface area contributed by atoms with Crippen molar-refractivity contribution in [3.63, 3.8) is 0 Å². The number of benzene rings is 3. The minimum atomic E-state index is -1.10. The van der Waals surface area contributed by atoms with E-state index >= 15 is 0 Å². The number of anilines is 1. The summed E-state index contributed by atoms with van der Waals surface area (Å²) in [4.78, 5) is 16.1. The largest absolute Gasteiger partial charge is 0.493 e. The molecule has 176 valence electrons. The molecule has 0 saturated heterocycles. The number of carboxylic acids is 1. The lowest BCUT2D eigenvalue weighted by Gasteiger charge is -2.17. The average molecular weight is 471 g/mol. The third-order valence-electron chi connectivity index (χ3n) is 5.67. The number of halogens is 1. The molecule has 0 aliphatic rings. The Morgan fingerprint density at radius 2 is 1.66 bits per heavy atom. The van der Waals surface area contributed by atoms with Crippen LogP contribution in [0.1, 0.15) is 12.5 Å². The van der Waals surface area contributed by atoms with Crippen LogP contribution in [0, 0.1) is 17.1 Å². The van der Waals surface area contributed by atoms with E-state index in [0.717, 1.165) is 11.1 Å². The van der Waals surface area contributed by atoms with Gasteiger partial charge < -0.3 is 19.9 Å². The minimum Gasteiger partial charge on any atom is -0.493 e. The van der Waals surface area contributed by atoms with Crippen molar-refractivity contribution in [1.29, 1.82) is 5.26 Å². The predicted octanol–water partition coefficient (Wildman–Crippen LogP) is 5.48. The smallest absolute Gasteiger partial charge is 0.325 e. The van der Waals surface area contributed by atoms with E-state index in [4.69, 9.17) is 9.47 Å². The molecule has 0 aliphatic carbocycles. The van der Waals surface area contributed by atoms with E-state index < -0.39 is 17.8 Å². The van der Waals surface area contributed by atoms with E-state index in [2.05, 4.69) is 16.4 Å². The molecule has 1 atom stereocenters. The van der Waals surface area contributed by atoms with Crippen molar-refractivity contribution in [3.05, 3.63) is 72.0 Å². The lowest BCUT2D eigenvalue weighted by molar-refractivity contribution is -0.137. The Morgan fingerprint density at radius 3 is 2.29 bits per heavy atom. The first-order valence-electron chi connectivity index (χ1n) is 10.7. The number of nitrogens with one attached hydrogen (secondary N) is 1. The van der Waals surface area contributed by atoms with Crippen LogP contribution in [0.2, 0.25) is 0 Å². The topological polar surface area (TPSA) is 104 Å². The number of rotatable bonds is 7. The third kappa shape index (κ3) is 4.57. The van der Waals surface area contributed by atoms with Gasteiger partial charge in [0, 0.05) is 10.9 Å². The van der Waals surface area contributed by atoms with Crippen LogP contribution in [0.4, 0.5) is 10.1 Å². The van der Waals surface area contributed by atoms with Gasteiger partial charge in [0.05, 0.1) is 31.1 Å². The van der Waals surface area contributed by atoms with Crippen molar-refractivity contribution in [3.8, 4) is 40.0 Å². The summed E-state index contributed by atoms with van der Waals surface area (Å²) in [5.74, 6) is -0.385. The lowest BCUT2D eigenvalue weighted by Crippen LogP contribution is -2.26. The second-order valence-electron chi connectivity index (χ2n) is 7.84. The number of methoxy groups -OCH3 is 2. The van der Waals surface area contributed by atoms with Crippen LogP contribution in [0.15, 0.2) is 60.7 Å². The predicted molar refractivity (Wildman–Crippen MR) is 131 cm³/mol. The Balaban J connectivity index is 1.83. The number of pyridine rings is 1. The van der Waals surface area contributed by atoms with Crippen LogP contribution in [0.3, 0.4) is 0 Å². The molecule has 0 fully saturated rings. The summed E-state index contributed by atoms with van der Waals surface area (Å²) in [5, 5.41) is 22.5. The quantitative estimate of drug-likeness (QED) is 0.368. The molecular formula is C27H22FN3O4. The molecule has 4 rings (SSSR count). The van der Waals surface area contributed by atoms with E-state index in [1.807, 2.05) is 42.5 Å². The molecular weight excluding hydrogens is 449 g/mol. The van der Waals surface area contributed by atoms with E-state index in [1.165, 1.54) is 25.1 Å². The first-order chi connectivity index (χ1) is 16.9. The summed E-state index contributed by atoms with van der Waals surface area (Å²) in [7, 11) is 3.15. The van der Waals surface area contributed by atoms with Gasteiger partial charge in [-0.2, -0.15) is 5.26 Å². The number of hydrogen-bond acceptors (Lipinski definition) is 6. The zero-order valence-electron chi connectivity index (χ0n) is 19.3. The molecule has 1 unspecified atom stereocenters. The highest BCUT2D eigenvalue weighted by atomic mass is 19.1. The second-order valence-corrected chi connectivity index (χ2v) is 7.84. The summed E-state index contributed by atoms with van der Waals surface area (Å²) < 4.78 is 24.7. The third-order valence-corrected chi connectivity index (χ3v) is 5.67. The van der Waals surface area contributed by atoms with Gasteiger partial charge in [-0.1, -0.05) is 30.3 Å². The van der Waals surface area contributed by atoms with Gasteiger partial charge in [0.15, 0.2) is 11.5 Å². The van der Waals surface area contributed by atoms with Gasteiger partial charge in [-0.15, -0.1) is 0 Å². The van der Waals surface area contributed by atoms with Crippen LogP contribution in [-0.4, -0.2) is 36.3 Å². The molecule has 3 aromatic carbocycles.